The monoisotopic (exact) mass is 280 g/mol. The average Bonchev–Trinajstić information content (AvgIpc) is 2.69. The zero-order valence-electron chi connectivity index (χ0n) is 12.8. The molecule has 0 atom stereocenters. The van der Waals surface area contributed by atoms with E-state index in [0.717, 1.165) is 19.6 Å². The number of aryl methyl sites for hydroxylation is 1. The Bertz CT molecular complexity index is 592. The lowest BCUT2D eigenvalue weighted by Gasteiger charge is -2.21. The summed E-state index contributed by atoms with van der Waals surface area (Å²) in [6.07, 6.45) is 2.47. The van der Waals surface area contributed by atoms with Crippen LogP contribution in [0.5, 0.6) is 0 Å². The Hall–Kier alpha value is -1.64. The Morgan fingerprint density at radius 2 is 1.81 bits per heavy atom. The fraction of sp³-hybridized carbons (Fsp3) is 0.368. The van der Waals surface area contributed by atoms with Gasteiger partial charge < -0.3 is 5.32 Å². The fourth-order valence-electron chi connectivity index (χ4n) is 3.20. The van der Waals surface area contributed by atoms with Crippen molar-refractivity contribution in [1.29, 1.82) is 0 Å². The topological polar surface area (TPSA) is 15.3 Å². The van der Waals surface area contributed by atoms with Crippen LogP contribution in [0.2, 0.25) is 0 Å². The Kier molecular flexibility index (Phi) is 4.69. The van der Waals surface area contributed by atoms with E-state index in [1.807, 2.05) is 7.05 Å². The normalized spacial score (nSPS) is 15.5. The van der Waals surface area contributed by atoms with Crippen LogP contribution in [0.15, 0.2) is 48.5 Å². The smallest absolute Gasteiger partial charge is 0.0240 e. The van der Waals surface area contributed by atoms with E-state index in [2.05, 4.69) is 58.7 Å². The zero-order chi connectivity index (χ0) is 14.5. The largest absolute Gasteiger partial charge is 0.316 e. The molecule has 0 bridgehead atoms. The van der Waals surface area contributed by atoms with Gasteiger partial charge in [-0.1, -0.05) is 48.5 Å². The van der Waals surface area contributed by atoms with Crippen molar-refractivity contribution < 1.29 is 0 Å². The molecular formula is C19H24N2. The highest BCUT2D eigenvalue weighted by Gasteiger charge is 2.14. The number of hydrogen-bond donors (Lipinski definition) is 1. The third-order valence-corrected chi connectivity index (χ3v) is 4.21. The molecule has 110 valence electrons. The lowest BCUT2D eigenvalue weighted by molar-refractivity contribution is 0.261. The van der Waals surface area contributed by atoms with Gasteiger partial charge in [0.15, 0.2) is 0 Å². The van der Waals surface area contributed by atoms with Crippen LogP contribution in [0.1, 0.15) is 28.7 Å². The van der Waals surface area contributed by atoms with E-state index in [1.165, 1.54) is 41.6 Å². The molecule has 3 rings (SSSR count). The van der Waals surface area contributed by atoms with Crippen molar-refractivity contribution in [3.05, 3.63) is 70.8 Å². The van der Waals surface area contributed by atoms with E-state index < -0.39 is 0 Å². The molecule has 21 heavy (non-hydrogen) atoms. The standard InChI is InChI=1S/C19H24N2/c1-20-13-16-6-4-7-17(12-16)14-21-11-5-10-18-8-2-3-9-19(18)15-21/h2-4,6-9,12,20H,5,10-11,13-15H2,1H3. The molecule has 2 nitrogen and oxygen atoms in total. The van der Waals surface area contributed by atoms with Crippen LogP contribution in [-0.2, 0) is 26.1 Å². The highest BCUT2D eigenvalue weighted by atomic mass is 15.1. The number of benzene rings is 2. The molecule has 0 saturated carbocycles. The van der Waals surface area contributed by atoms with Crippen LogP contribution >= 0.6 is 0 Å². The van der Waals surface area contributed by atoms with Gasteiger partial charge in [0.05, 0.1) is 0 Å². The molecule has 1 heterocycles. The Morgan fingerprint density at radius 3 is 2.67 bits per heavy atom. The highest BCUT2D eigenvalue weighted by molar-refractivity contribution is 5.28. The molecule has 2 aromatic rings. The molecule has 2 aromatic carbocycles. The lowest BCUT2D eigenvalue weighted by Crippen LogP contribution is -2.22. The third-order valence-electron chi connectivity index (χ3n) is 4.21. The summed E-state index contributed by atoms with van der Waals surface area (Å²) in [6, 6.07) is 17.8. The summed E-state index contributed by atoms with van der Waals surface area (Å²) < 4.78 is 0. The van der Waals surface area contributed by atoms with E-state index in [9.17, 15) is 0 Å². The van der Waals surface area contributed by atoms with E-state index in [0.29, 0.717) is 0 Å². The zero-order valence-corrected chi connectivity index (χ0v) is 12.8. The second kappa shape index (κ2) is 6.88. The molecule has 1 aliphatic heterocycles. The van der Waals surface area contributed by atoms with Crippen LogP contribution in [0.4, 0.5) is 0 Å². The molecule has 1 aliphatic rings. The van der Waals surface area contributed by atoms with Gasteiger partial charge in [-0.3, -0.25) is 4.90 Å². The van der Waals surface area contributed by atoms with Gasteiger partial charge in [-0.25, -0.2) is 0 Å². The summed E-state index contributed by atoms with van der Waals surface area (Å²) in [7, 11) is 2.00. The number of hydrogen-bond acceptors (Lipinski definition) is 2. The van der Waals surface area contributed by atoms with Gasteiger partial charge in [0, 0.05) is 19.6 Å². The molecule has 0 spiro atoms. The third kappa shape index (κ3) is 3.72. The average molecular weight is 280 g/mol. The van der Waals surface area contributed by atoms with Crippen LogP contribution in [-0.4, -0.2) is 18.5 Å². The van der Waals surface area contributed by atoms with E-state index in [4.69, 9.17) is 0 Å². The first-order chi connectivity index (χ1) is 10.3. The molecule has 0 fully saturated rings. The first kappa shape index (κ1) is 14.3. The fourth-order valence-corrected chi connectivity index (χ4v) is 3.20. The molecule has 0 radical (unpaired) electrons. The van der Waals surface area contributed by atoms with Crippen molar-refractivity contribution in [2.45, 2.75) is 32.5 Å². The second-order valence-electron chi connectivity index (χ2n) is 5.93. The first-order valence-electron chi connectivity index (χ1n) is 7.87. The minimum absolute atomic E-state index is 0.941. The van der Waals surface area contributed by atoms with Gasteiger partial charge in [0.2, 0.25) is 0 Å². The van der Waals surface area contributed by atoms with Gasteiger partial charge in [-0.15, -0.1) is 0 Å². The van der Waals surface area contributed by atoms with Crippen molar-refractivity contribution >= 4 is 0 Å². The predicted molar refractivity (Wildman–Crippen MR) is 88.1 cm³/mol. The maximum Gasteiger partial charge on any atom is 0.0240 e. The van der Waals surface area contributed by atoms with E-state index in [-0.39, 0.29) is 0 Å². The summed E-state index contributed by atoms with van der Waals surface area (Å²) in [5, 5.41) is 3.22. The summed E-state index contributed by atoms with van der Waals surface area (Å²) in [4.78, 5) is 2.57. The molecule has 2 heteroatoms. The predicted octanol–water partition coefficient (Wildman–Crippen LogP) is 3.35. The van der Waals surface area contributed by atoms with Gasteiger partial charge >= 0.3 is 0 Å². The number of rotatable bonds is 4. The van der Waals surface area contributed by atoms with Crippen LogP contribution in [0.25, 0.3) is 0 Å². The van der Waals surface area contributed by atoms with Crippen molar-refractivity contribution in [2.24, 2.45) is 0 Å². The second-order valence-corrected chi connectivity index (χ2v) is 5.93. The molecule has 0 aliphatic carbocycles. The van der Waals surface area contributed by atoms with Crippen molar-refractivity contribution in [1.82, 2.24) is 10.2 Å². The number of nitrogens with one attached hydrogen (secondary N) is 1. The summed E-state index contributed by atoms with van der Waals surface area (Å²) in [5.41, 5.74) is 5.82. The van der Waals surface area contributed by atoms with Gasteiger partial charge in [-0.2, -0.15) is 0 Å². The molecular weight excluding hydrogens is 256 g/mol. The molecule has 0 unspecified atom stereocenters. The number of nitrogens with zero attached hydrogens (tertiary/aromatic N) is 1. The molecule has 1 N–H and O–H groups in total. The van der Waals surface area contributed by atoms with E-state index in [1.54, 1.807) is 0 Å². The van der Waals surface area contributed by atoms with Gasteiger partial charge in [0.1, 0.15) is 0 Å². The molecule has 0 amide bonds. The lowest BCUT2D eigenvalue weighted by atomic mass is 10.0. The summed E-state index contributed by atoms with van der Waals surface area (Å²) in [5.74, 6) is 0. The van der Waals surface area contributed by atoms with Gasteiger partial charge in [-0.05, 0) is 48.7 Å². The minimum atomic E-state index is 0.941. The Morgan fingerprint density at radius 1 is 1.00 bits per heavy atom. The quantitative estimate of drug-likeness (QED) is 0.924. The Balaban J connectivity index is 1.72. The van der Waals surface area contributed by atoms with E-state index >= 15 is 0 Å². The van der Waals surface area contributed by atoms with Crippen LogP contribution < -0.4 is 5.32 Å². The SMILES string of the molecule is CNCc1cccc(CN2CCCc3ccccc3C2)c1. The van der Waals surface area contributed by atoms with Crippen LogP contribution in [0.3, 0.4) is 0 Å². The maximum atomic E-state index is 3.22. The van der Waals surface area contributed by atoms with Crippen molar-refractivity contribution in [3.8, 4) is 0 Å². The molecule has 0 saturated heterocycles. The highest BCUT2D eigenvalue weighted by Crippen LogP contribution is 2.20. The Labute approximate surface area is 127 Å². The molecule has 0 aromatic heterocycles. The van der Waals surface area contributed by atoms with Crippen molar-refractivity contribution in [2.75, 3.05) is 13.6 Å². The summed E-state index contributed by atoms with van der Waals surface area (Å²) in [6.45, 7) is 4.25. The van der Waals surface area contributed by atoms with Gasteiger partial charge in [0.25, 0.3) is 0 Å². The first-order valence-corrected chi connectivity index (χ1v) is 7.87. The maximum absolute atomic E-state index is 3.22. The van der Waals surface area contributed by atoms with Crippen molar-refractivity contribution in [3.63, 3.8) is 0 Å². The van der Waals surface area contributed by atoms with Crippen LogP contribution in [0, 0.1) is 0 Å². The number of fused-ring (bicyclic) bond motifs is 1. The summed E-state index contributed by atoms with van der Waals surface area (Å²) >= 11 is 0. The minimum Gasteiger partial charge on any atom is -0.316 e.